The monoisotopic (exact) mass is 428 g/mol. The highest BCUT2D eigenvalue weighted by Gasteiger charge is 2.28. The Balaban J connectivity index is 1.65. The fourth-order valence-corrected chi connectivity index (χ4v) is 5.09. The van der Waals surface area contributed by atoms with Crippen LogP contribution in [0, 0.1) is 0 Å². The second-order valence-electron chi connectivity index (χ2n) is 7.40. The van der Waals surface area contributed by atoms with Crippen molar-refractivity contribution in [1.82, 2.24) is 4.31 Å². The van der Waals surface area contributed by atoms with E-state index in [1.807, 2.05) is 24.3 Å². The van der Waals surface area contributed by atoms with Gasteiger partial charge in [-0.1, -0.05) is 37.5 Å². The highest BCUT2D eigenvalue weighted by molar-refractivity contribution is 7.89. The molecule has 0 aliphatic heterocycles. The van der Waals surface area contributed by atoms with Crippen molar-refractivity contribution in [1.29, 1.82) is 0 Å². The SMILES string of the molecule is COc1ccccc1/C=C/C(=O)Nc1ccc(S(=O)(=O)N(C)C2CCCCC2)cc1. The molecule has 160 valence electrons. The summed E-state index contributed by atoms with van der Waals surface area (Å²) in [6.07, 6.45) is 8.20. The number of ether oxygens (including phenoxy) is 1. The van der Waals surface area contributed by atoms with E-state index in [1.165, 1.54) is 28.9 Å². The van der Waals surface area contributed by atoms with Gasteiger partial charge in [0.1, 0.15) is 5.75 Å². The van der Waals surface area contributed by atoms with Crippen molar-refractivity contribution in [2.75, 3.05) is 19.5 Å². The molecular formula is C23H28N2O4S. The van der Waals surface area contributed by atoms with Gasteiger partial charge in [-0.15, -0.1) is 0 Å². The van der Waals surface area contributed by atoms with Gasteiger partial charge in [0, 0.05) is 30.4 Å². The lowest BCUT2D eigenvalue weighted by molar-refractivity contribution is -0.111. The van der Waals surface area contributed by atoms with Crippen molar-refractivity contribution in [2.24, 2.45) is 0 Å². The Labute approximate surface area is 178 Å². The second-order valence-corrected chi connectivity index (χ2v) is 9.40. The standard InChI is InChI=1S/C23H28N2O4S/c1-25(20-9-4-3-5-10-20)30(27,28)21-15-13-19(14-16-21)24-23(26)17-12-18-8-6-7-11-22(18)29-2/h6-8,11-17,20H,3-5,9-10H2,1-2H3,(H,24,26)/b17-12+. The van der Waals surface area contributed by atoms with Crippen molar-refractivity contribution < 1.29 is 17.9 Å². The topological polar surface area (TPSA) is 75.7 Å². The van der Waals surface area contributed by atoms with E-state index in [1.54, 1.807) is 32.4 Å². The van der Waals surface area contributed by atoms with E-state index < -0.39 is 10.0 Å². The first-order valence-corrected chi connectivity index (χ1v) is 11.6. The highest BCUT2D eigenvalue weighted by atomic mass is 32.2. The van der Waals surface area contributed by atoms with Gasteiger partial charge in [-0.25, -0.2) is 8.42 Å². The van der Waals surface area contributed by atoms with Crippen molar-refractivity contribution in [3.63, 3.8) is 0 Å². The molecule has 0 atom stereocenters. The summed E-state index contributed by atoms with van der Waals surface area (Å²) in [5.74, 6) is 0.369. The summed E-state index contributed by atoms with van der Waals surface area (Å²) in [6, 6.07) is 13.7. The number of hydrogen-bond donors (Lipinski definition) is 1. The lowest BCUT2D eigenvalue weighted by Crippen LogP contribution is -2.38. The molecule has 0 heterocycles. The minimum absolute atomic E-state index is 0.0586. The van der Waals surface area contributed by atoms with Crippen LogP contribution in [0.5, 0.6) is 5.75 Å². The lowest BCUT2D eigenvalue weighted by Gasteiger charge is -2.30. The van der Waals surface area contributed by atoms with Crippen molar-refractivity contribution in [2.45, 2.75) is 43.0 Å². The third-order valence-corrected chi connectivity index (χ3v) is 7.37. The van der Waals surface area contributed by atoms with Gasteiger partial charge >= 0.3 is 0 Å². The molecule has 1 amide bonds. The summed E-state index contributed by atoms with van der Waals surface area (Å²) in [5.41, 5.74) is 1.33. The van der Waals surface area contributed by atoms with Gasteiger partial charge in [-0.2, -0.15) is 4.31 Å². The molecule has 0 aromatic heterocycles. The van der Waals surface area contributed by atoms with Crippen LogP contribution >= 0.6 is 0 Å². The number of sulfonamides is 1. The van der Waals surface area contributed by atoms with E-state index in [4.69, 9.17) is 4.74 Å². The van der Waals surface area contributed by atoms with Gasteiger partial charge in [-0.05, 0) is 49.2 Å². The van der Waals surface area contributed by atoms with Crippen LogP contribution in [-0.4, -0.2) is 38.8 Å². The van der Waals surface area contributed by atoms with E-state index in [0.717, 1.165) is 31.2 Å². The molecule has 2 aromatic rings. The maximum Gasteiger partial charge on any atom is 0.248 e. The summed E-state index contributed by atoms with van der Waals surface area (Å²) < 4.78 is 32.6. The minimum atomic E-state index is -3.55. The molecule has 6 nitrogen and oxygen atoms in total. The first-order chi connectivity index (χ1) is 14.4. The van der Waals surface area contributed by atoms with Crippen LogP contribution in [-0.2, 0) is 14.8 Å². The van der Waals surface area contributed by atoms with E-state index in [9.17, 15) is 13.2 Å². The zero-order valence-electron chi connectivity index (χ0n) is 17.4. The maximum absolute atomic E-state index is 12.9. The second kappa shape index (κ2) is 9.91. The van der Waals surface area contributed by atoms with Gasteiger partial charge < -0.3 is 10.1 Å². The molecule has 0 bridgehead atoms. The number of rotatable bonds is 7. The minimum Gasteiger partial charge on any atom is -0.496 e. The number of benzene rings is 2. The van der Waals surface area contributed by atoms with Crippen LogP contribution < -0.4 is 10.1 Å². The molecule has 0 radical (unpaired) electrons. The third kappa shape index (κ3) is 5.29. The Hall–Kier alpha value is -2.64. The van der Waals surface area contributed by atoms with E-state index in [-0.39, 0.29) is 16.8 Å². The van der Waals surface area contributed by atoms with Gasteiger partial charge in [0.05, 0.1) is 12.0 Å². The number of nitrogens with zero attached hydrogens (tertiary/aromatic N) is 1. The Morgan fingerprint density at radius 1 is 1.07 bits per heavy atom. The number of nitrogens with one attached hydrogen (secondary N) is 1. The first-order valence-electron chi connectivity index (χ1n) is 10.1. The predicted molar refractivity (Wildman–Crippen MR) is 119 cm³/mol. The van der Waals surface area contributed by atoms with Crippen molar-refractivity contribution in [3.8, 4) is 5.75 Å². The lowest BCUT2D eigenvalue weighted by atomic mass is 9.96. The van der Waals surface area contributed by atoms with Crippen LogP contribution in [0.25, 0.3) is 6.08 Å². The molecule has 1 saturated carbocycles. The summed E-state index contributed by atoms with van der Waals surface area (Å²) in [7, 11) is -0.311. The summed E-state index contributed by atoms with van der Waals surface area (Å²) >= 11 is 0. The Morgan fingerprint density at radius 2 is 1.73 bits per heavy atom. The van der Waals surface area contributed by atoms with Gasteiger partial charge in [0.2, 0.25) is 15.9 Å². The average Bonchev–Trinajstić information content (AvgIpc) is 2.78. The van der Waals surface area contributed by atoms with Crippen LogP contribution in [0.1, 0.15) is 37.7 Å². The molecule has 7 heteroatoms. The number of anilines is 1. The molecule has 1 N–H and O–H groups in total. The molecule has 3 rings (SSSR count). The fraction of sp³-hybridized carbons (Fsp3) is 0.348. The Kier molecular flexibility index (Phi) is 7.29. The fourth-order valence-electron chi connectivity index (χ4n) is 3.67. The van der Waals surface area contributed by atoms with Gasteiger partial charge in [-0.3, -0.25) is 4.79 Å². The zero-order chi connectivity index (χ0) is 21.6. The van der Waals surface area contributed by atoms with E-state index >= 15 is 0 Å². The normalized spacial score (nSPS) is 15.4. The maximum atomic E-state index is 12.9. The van der Waals surface area contributed by atoms with Crippen LogP contribution in [0.2, 0.25) is 0 Å². The number of amides is 1. The summed E-state index contributed by atoms with van der Waals surface area (Å²) in [6.45, 7) is 0. The molecule has 0 saturated heterocycles. The molecule has 1 aliphatic rings. The number of hydrogen-bond acceptors (Lipinski definition) is 4. The molecular weight excluding hydrogens is 400 g/mol. The summed E-state index contributed by atoms with van der Waals surface area (Å²) in [5, 5.41) is 2.75. The number of carbonyl (C=O) groups excluding carboxylic acids is 1. The molecule has 2 aromatic carbocycles. The Morgan fingerprint density at radius 3 is 2.40 bits per heavy atom. The van der Waals surface area contributed by atoms with Crippen LogP contribution in [0.15, 0.2) is 59.5 Å². The van der Waals surface area contributed by atoms with Gasteiger partial charge in [0.25, 0.3) is 0 Å². The molecule has 1 fully saturated rings. The number of para-hydroxylation sites is 1. The zero-order valence-corrected chi connectivity index (χ0v) is 18.2. The Bertz CT molecular complexity index is 994. The number of methoxy groups -OCH3 is 1. The third-order valence-electron chi connectivity index (χ3n) is 5.44. The predicted octanol–water partition coefficient (Wildman–Crippen LogP) is 4.30. The van der Waals surface area contributed by atoms with E-state index in [0.29, 0.717) is 11.4 Å². The highest BCUT2D eigenvalue weighted by Crippen LogP contribution is 2.27. The smallest absolute Gasteiger partial charge is 0.248 e. The van der Waals surface area contributed by atoms with Crippen LogP contribution in [0.4, 0.5) is 5.69 Å². The molecule has 30 heavy (non-hydrogen) atoms. The quantitative estimate of drug-likeness (QED) is 0.667. The van der Waals surface area contributed by atoms with E-state index in [2.05, 4.69) is 5.32 Å². The van der Waals surface area contributed by atoms with Crippen molar-refractivity contribution >= 4 is 27.7 Å². The molecule has 0 spiro atoms. The molecule has 0 unspecified atom stereocenters. The van der Waals surface area contributed by atoms with Crippen molar-refractivity contribution in [3.05, 3.63) is 60.2 Å². The number of carbonyl (C=O) groups is 1. The first kappa shape index (κ1) is 22.1. The van der Waals surface area contributed by atoms with Crippen LogP contribution in [0.3, 0.4) is 0 Å². The average molecular weight is 429 g/mol. The molecule has 1 aliphatic carbocycles. The summed E-state index contributed by atoms with van der Waals surface area (Å²) in [4.78, 5) is 12.5. The van der Waals surface area contributed by atoms with Gasteiger partial charge in [0.15, 0.2) is 0 Å². The largest absolute Gasteiger partial charge is 0.496 e.